The lowest BCUT2D eigenvalue weighted by Crippen LogP contribution is -2.58. The van der Waals surface area contributed by atoms with E-state index in [1.54, 1.807) is 29.2 Å². The number of benzene rings is 2. The smallest absolute Gasteiger partial charge is 0.480 e. The van der Waals surface area contributed by atoms with Crippen molar-refractivity contribution in [3.63, 3.8) is 0 Å². The predicted octanol–water partition coefficient (Wildman–Crippen LogP) is 4.53. The number of aromatic nitrogens is 3. The molecule has 1 fully saturated rings. The van der Waals surface area contributed by atoms with Crippen LogP contribution < -0.4 is 15.4 Å². The maximum Gasteiger partial charge on any atom is 0.573 e. The number of carboxylic acid groups (broad SMARTS) is 1. The molecule has 0 bridgehead atoms. The summed E-state index contributed by atoms with van der Waals surface area (Å²) in [6, 6.07) is 11.6. The van der Waals surface area contributed by atoms with Crippen molar-refractivity contribution in [1.82, 2.24) is 19.3 Å². The maximum atomic E-state index is 13.1. The van der Waals surface area contributed by atoms with Crippen LogP contribution in [0.5, 0.6) is 5.75 Å². The Bertz CT molecular complexity index is 1760. The summed E-state index contributed by atoms with van der Waals surface area (Å²) in [6.45, 7) is 1.62. The van der Waals surface area contributed by atoms with E-state index in [0.29, 0.717) is 23.5 Å². The molecule has 0 spiro atoms. The number of hydrogen-bond acceptors (Lipinski definition) is 9. The number of ether oxygens (including phenoxy) is 1. The van der Waals surface area contributed by atoms with E-state index in [1.807, 2.05) is 0 Å². The summed E-state index contributed by atoms with van der Waals surface area (Å²) in [5, 5.41) is 9.71. The van der Waals surface area contributed by atoms with Gasteiger partial charge in [-0.1, -0.05) is 31.2 Å². The molecule has 46 heavy (non-hydrogen) atoms. The van der Waals surface area contributed by atoms with Gasteiger partial charge in [-0.15, -0.1) is 13.2 Å². The van der Waals surface area contributed by atoms with Crippen LogP contribution in [0, 0.1) is 0 Å². The van der Waals surface area contributed by atoms with Gasteiger partial charge in [-0.3, -0.25) is 9.78 Å². The summed E-state index contributed by atoms with van der Waals surface area (Å²) < 4.78 is 93.9. The van der Waals surface area contributed by atoms with Crippen molar-refractivity contribution in [3.8, 4) is 5.75 Å². The third-order valence-corrected chi connectivity index (χ3v) is 8.90. The van der Waals surface area contributed by atoms with E-state index in [-0.39, 0.29) is 36.5 Å². The second kappa shape index (κ2) is 13.9. The Kier molecular flexibility index (Phi) is 10.4. The number of sulfonamides is 1. The number of halogens is 5. The minimum atomic E-state index is -4.92. The molecule has 1 saturated heterocycles. The second-order valence-corrected chi connectivity index (χ2v) is 11.9. The van der Waals surface area contributed by atoms with E-state index < -0.39 is 40.1 Å². The topological polar surface area (TPSA) is 152 Å². The number of nitrogens with two attached hydrogens (primary N) is 1. The summed E-state index contributed by atoms with van der Waals surface area (Å²) in [6.07, 6.45) is -2.12. The molecule has 0 aliphatic carbocycles. The number of hydrogen-bond donors (Lipinski definition) is 2. The van der Waals surface area contributed by atoms with Crippen molar-refractivity contribution < 1.29 is 45.0 Å². The van der Waals surface area contributed by atoms with Crippen LogP contribution in [0.4, 0.5) is 27.8 Å². The molecule has 2 aromatic carbocycles. The minimum Gasteiger partial charge on any atom is -0.480 e. The quantitative estimate of drug-likeness (QED) is 0.256. The zero-order valence-electron chi connectivity index (χ0n) is 24.2. The largest absolute Gasteiger partial charge is 0.573 e. The third-order valence-electron chi connectivity index (χ3n) is 6.98. The van der Waals surface area contributed by atoms with Crippen molar-refractivity contribution in [2.24, 2.45) is 5.73 Å². The first kappa shape index (κ1) is 34.4. The van der Waals surface area contributed by atoms with Gasteiger partial charge >= 0.3 is 12.3 Å². The normalized spacial score (nSPS) is 16.1. The average molecular weight is 669 g/mol. The average Bonchev–Trinajstić information content (AvgIpc) is 3.04. The highest BCUT2D eigenvalue weighted by Crippen LogP contribution is 2.31. The van der Waals surface area contributed by atoms with Crippen molar-refractivity contribution in [2.75, 3.05) is 24.5 Å². The van der Waals surface area contributed by atoms with Gasteiger partial charge in [0.05, 0.1) is 4.90 Å². The Morgan fingerprint density at radius 1 is 0.978 bits per heavy atom. The molecule has 3 N–H and O–H groups in total. The molecule has 11 nitrogen and oxygen atoms in total. The summed E-state index contributed by atoms with van der Waals surface area (Å²) >= 11 is 0. The number of rotatable bonds is 8. The molecule has 3 heterocycles. The predicted molar refractivity (Wildman–Crippen MR) is 157 cm³/mol. The lowest BCUT2D eigenvalue weighted by Gasteiger charge is -2.38. The van der Waals surface area contributed by atoms with Crippen molar-refractivity contribution in [1.29, 1.82) is 0 Å². The highest BCUT2D eigenvalue weighted by molar-refractivity contribution is 7.89. The lowest BCUT2D eigenvalue weighted by molar-refractivity contribution is -0.274. The molecule has 0 unspecified atom stereocenters. The molecule has 1 aliphatic rings. The fraction of sp³-hybridized carbons (Fsp3) is 0.310. The Hall–Kier alpha value is -4.48. The summed E-state index contributed by atoms with van der Waals surface area (Å²) in [5.74, 6) is -4.26. The number of nitrogens with zero attached hydrogens (tertiary/aromatic N) is 5. The second-order valence-electron chi connectivity index (χ2n) is 9.96. The van der Waals surface area contributed by atoms with Gasteiger partial charge < -0.3 is 20.5 Å². The van der Waals surface area contributed by atoms with E-state index >= 15 is 0 Å². The molecular formula is C29H29F5N6O5S. The van der Waals surface area contributed by atoms with Gasteiger partial charge in [0.2, 0.25) is 10.0 Å². The van der Waals surface area contributed by atoms with Gasteiger partial charge in [0.25, 0.3) is 5.92 Å². The lowest BCUT2D eigenvalue weighted by atomic mass is 10.0. The summed E-state index contributed by atoms with van der Waals surface area (Å²) in [5.41, 5.74) is 7.20. The van der Waals surface area contributed by atoms with Gasteiger partial charge in [0.15, 0.2) is 5.65 Å². The van der Waals surface area contributed by atoms with Crippen molar-refractivity contribution in [3.05, 3.63) is 84.2 Å². The molecule has 246 valence electrons. The first-order chi connectivity index (χ1) is 21.6. The molecule has 17 heteroatoms. The molecule has 2 aromatic heterocycles. The highest BCUT2D eigenvalue weighted by atomic mass is 32.2. The first-order valence-corrected chi connectivity index (χ1v) is 15.2. The Balaban J connectivity index is 0.000000310. The SMILES string of the molecule is CCC(F)(F)c1ccc(CN)cc1.O=C(O)[C@H]1CN(c2ccc3nccnc3n2)CCN1S(=O)(=O)c1ccc(OC(F)(F)F)cc1. The van der Waals surface area contributed by atoms with Crippen LogP contribution in [-0.2, 0) is 27.3 Å². The van der Waals surface area contributed by atoms with Crippen LogP contribution >= 0.6 is 0 Å². The van der Waals surface area contributed by atoms with Crippen LogP contribution in [0.15, 0.2) is 78.0 Å². The summed E-state index contributed by atoms with van der Waals surface area (Å²) in [4.78, 5) is 25.8. The van der Waals surface area contributed by atoms with Gasteiger partial charge in [-0.2, -0.15) is 4.31 Å². The van der Waals surface area contributed by atoms with Gasteiger partial charge in [0, 0.05) is 50.6 Å². The number of carbonyl (C=O) groups is 1. The van der Waals surface area contributed by atoms with E-state index in [0.717, 1.165) is 34.1 Å². The number of carboxylic acids is 1. The number of aliphatic carboxylic acids is 1. The Labute approximate surface area is 260 Å². The zero-order valence-corrected chi connectivity index (χ0v) is 25.0. The van der Waals surface area contributed by atoms with Crippen LogP contribution in [0.3, 0.4) is 0 Å². The fourth-order valence-electron chi connectivity index (χ4n) is 4.52. The number of pyridine rings is 1. The third kappa shape index (κ3) is 8.21. The van der Waals surface area contributed by atoms with Gasteiger partial charge in [0.1, 0.15) is 23.1 Å². The molecule has 0 saturated carbocycles. The van der Waals surface area contributed by atoms with E-state index in [4.69, 9.17) is 5.73 Å². The van der Waals surface area contributed by atoms with Gasteiger partial charge in [-0.25, -0.2) is 27.2 Å². The molecule has 5 rings (SSSR count). The maximum absolute atomic E-state index is 13.1. The van der Waals surface area contributed by atoms with E-state index in [9.17, 15) is 40.3 Å². The highest BCUT2D eigenvalue weighted by Gasteiger charge is 2.41. The standard InChI is InChI=1S/C19H16F3N5O5S.C10H13F2N/c20-19(21,22)32-12-1-3-13(4-2-12)33(30,31)27-10-9-26(11-15(27)18(28)29)16-6-5-14-17(25-16)24-8-7-23-14;1-2-10(11,12)9-5-3-8(7-13)4-6-9/h1-8,15H,9-11H2,(H,28,29);3-6H,2,7,13H2,1H3/t15-;/m1./s1. The van der Waals surface area contributed by atoms with E-state index in [1.165, 1.54) is 31.5 Å². The van der Waals surface area contributed by atoms with Crippen LogP contribution in [-0.4, -0.2) is 70.8 Å². The first-order valence-electron chi connectivity index (χ1n) is 13.7. The summed E-state index contributed by atoms with van der Waals surface area (Å²) in [7, 11) is -4.31. The van der Waals surface area contributed by atoms with Crippen molar-refractivity contribution >= 4 is 33.0 Å². The molecule has 1 aliphatic heterocycles. The van der Waals surface area contributed by atoms with E-state index in [2.05, 4.69) is 19.7 Å². The molecular weight excluding hydrogens is 639 g/mol. The number of anilines is 1. The van der Waals surface area contributed by atoms with Gasteiger partial charge in [-0.05, 0) is 42.0 Å². The Morgan fingerprint density at radius 2 is 1.63 bits per heavy atom. The fourth-order valence-corrected chi connectivity index (χ4v) is 6.09. The van der Waals surface area contributed by atoms with Crippen LogP contribution in [0.1, 0.15) is 24.5 Å². The molecule has 0 radical (unpaired) electrons. The monoisotopic (exact) mass is 668 g/mol. The number of piperazine rings is 1. The molecule has 1 atom stereocenters. The minimum absolute atomic E-state index is 0.0622. The molecule has 0 amide bonds. The number of fused-ring (bicyclic) bond motifs is 1. The van der Waals surface area contributed by atoms with Crippen LogP contribution in [0.25, 0.3) is 11.2 Å². The zero-order chi connectivity index (χ0) is 33.7. The number of alkyl halides is 5. The van der Waals surface area contributed by atoms with Crippen LogP contribution in [0.2, 0.25) is 0 Å². The Morgan fingerprint density at radius 3 is 2.22 bits per heavy atom. The molecule has 4 aromatic rings. The van der Waals surface area contributed by atoms with Crippen molar-refractivity contribution in [2.45, 2.75) is 43.1 Å².